The summed E-state index contributed by atoms with van der Waals surface area (Å²) in [6.45, 7) is 1.84. The van der Waals surface area contributed by atoms with Gasteiger partial charge in [0.05, 0.1) is 29.0 Å². The molecule has 1 aliphatic heterocycles. The maximum absolute atomic E-state index is 11.5. The second kappa shape index (κ2) is 5.06. The number of rotatable bonds is 2. The van der Waals surface area contributed by atoms with E-state index in [0.717, 1.165) is 10.6 Å². The molecule has 1 heterocycles. The SMILES string of the molecule is COC(=O)C(C)C1Sc2ccccc2NC1=S. The highest BCUT2D eigenvalue weighted by atomic mass is 32.2. The van der Waals surface area contributed by atoms with Crippen LogP contribution in [0.25, 0.3) is 0 Å². The molecule has 0 saturated carbocycles. The van der Waals surface area contributed by atoms with Crippen molar-refractivity contribution in [1.82, 2.24) is 0 Å². The van der Waals surface area contributed by atoms with Gasteiger partial charge in [0.1, 0.15) is 0 Å². The van der Waals surface area contributed by atoms with Crippen LogP contribution < -0.4 is 5.32 Å². The minimum Gasteiger partial charge on any atom is -0.469 e. The topological polar surface area (TPSA) is 38.3 Å². The van der Waals surface area contributed by atoms with Gasteiger partial charge in [-0.25, -0.2) is 0 Å². The number of thioether (sulfide) groups is 1. The van der Waals surface area contributed by atoms with Crippen LogP contribution in [0.3, 0.4) is 0 Å². The average molecular weight is 267 g/mol. The standard InChI is InChI=1S/C12H13NO2S2/c1-7(12(14)15-2)10-11(16)13-8-5-3-4-6-9(8)17-10/h3-7,10H,1-2H3,(H,13,16). The maximum atomic E-state index is 11.5. The number of anilines is 1. The van der Waals surface area contributed by atoms with E-state index in [0.29, 0.717) is 4.99 Å². The van der Waals surface area contributed by atoms with E-state index in [-0.39, 0.29) is 17.1 Å². The first-order valence-corrected chi connectivity index (χ1v) is 6.56. The lowest BCUT2D eigenvalue weighted by molar-refractivity contribution is -0.144. The molecule has 0 bridgehead atoms. The number of esters is 1. The molecule has 0 radical (unpaired) electrons. The third-order valence-corrected chi connectivity index (χ3v) is 4.70. The molecule has 0 fully saturated rings. The Morgan fingerprint density at radius 3 is 2.94 bits per heavy atom. The fourth-order valence-electron chi connectivity index (χ4n) is 1.71. The summed E-state index contributed by atoms with van der Waals surface area (Å²) in [5.41, 5.74) is 1.01. The number of thiocarbonyl (C=S) groups is 1. The lowest BCUT2D eigenvalue weighted by Crippen LogP contribution is -2.36. The molecular weight excluding hydrogens is 254 g/mol. The highest BCUT2D eigenvalue weighted by Crippen LogP contribution is 2.38. The lowest BCUT2D eigenvalue weighted by Gasteiger charge is -2.29. The minimum atomic E-state index is -0.252. The van der Waals surface area contributed by atoms with E-state index in [1.54, 1.807) is 11.8 Å². The minimum absolute atomic E-state index is 0.0626. The fraction of sp³-hybridized carbons (Fsp3) is 0.333. The third-order valence-electron chi connectivity index (χ3n) is 2.68. The molecule has 0 amide bonds. The lowest BCUT2D eigenvalue weighted by atomic mass is 10.1. The molecule has 1 aromatic rings. The zero-order valence-electron chi connectivity index (χ0n) is 9.60. The first-order valence-electron chi connectivity index (χ1n) is 5.28. The van der Waals surface area contributed by atoms with Crippen LogP contribution in [0.2, 0.25) is 0 Å². The third kappa shape index (κ3) is 2.45. The highest BCUT2D eigenvalue weighted by molar-refractivity contribution is 8.02. The van der Waals surface area contributed by atoms with Gasteiger partial charge in [0.2, 0.25) is 0 Å². The van der Waals surface area contributed by atoms with Crippen molar-refractivity contribution in [2.75, 3.05) is 12.4 Å². The summed E-state index contributed by atoms with van der Waals surface area (Å²) in [6, 6.07) is 7.93. The molecule has 3 nitrogen and oxygen atoms in total. The molecule has 2 atom stereocenters. The van der Waals surface area contributed by atoms with Gasteiger partial charge in [-0.05, 0) is 12.1 Å². The van der Waals surface area contributed by atoms with Crippen molar-refractivity contribution in [3.05, 3.63) is 24.3 Å². The van der Waals surface area contributed by atoms with Gasteiger partial charge < -0.3 is 10.1 Å². The van der Waals surface area contributed by atoms with Gasteiger partial charge in [-0.3, -0.25) is 4.79 Å². The Bertz CT molecular complexity index is 462. The summed E-state index contributed by atoms with van der Waals surface area (Å²) in [5.74, 6) is -0.482. The van der Waals surface area contributed by atoms with Crippen molar-refractivity contribution in [2.45, 2.75) is 17.1 Å². The number of benzene rings is 1. The van der Waals surface area contributed by atoms with E-state index < -0.39 is 0 Å². The molecule has 0 spiro atoms. The van der Waals surface area contributed by atoms with Crippen LogP contribution >= 0.6 is 24.0 Å². The monoisotopic (exact) mass is 267 g/mol. The summed E-state index contributed by atoms with van der Waals surface area (Å²) < 4.78 is 4.76. The summed E-state index contributed by atoms with van der Waals surface area (Å²) in [6.07, 6.45) is 0. The van der Waals surface area contributed by atoms with Gasteiger partial charge in [-0.2, -0.15) is 0 Å². The fourth-order valence-corrected chi connectivity index (χ4v) is 3.32. The van der Waals surface area contributed by atoms with Crippen LogP contribution in [-0.4, -0.2) is 23.3 Å². The zero-order valence-corrected chi connectivity index (χ0v) is 11.2. The Morgan fingerprint density at radius 1 is 1.53 bits per heavy atom. The molecule has 5 heteroatoms. The van der Waals surface area contributed by atoms with Crippen LogP contribution in [0.4, 0.5) is 5.69 Å². The van der Waals surface area contributed by atoms with Crippen molar-refractivity contribution in [2.24, 2.45) is 5.92 Å². The van der Waals surface area contributed by atoms with Crippen LogP contribution in [0.1, 0.15) is 6.92 Å². The number of carbonyl (C=O) groups excluding carboxylic acids is 1. The summed E-state index contributed by atoms with van der Waals surface area (Å²) in [5, 5.41) is 3.11. The van der Waals surface area contributed by atoms with Crippen LogP contribution in [0.5, 0.6) is 0 Å². The van der Waals surface area contributed by atoms with Crippen molar-refractivity contribution < 1.29 is 9.53 Å². The number of methoxy groups -OCH3 is 1. The molecule has 0 aromatic heterocycles. The summed E-state index contributed by atoms with van der Waals surface area (Å²) >= 11 is 6.92. The van der Waals surface area contributed by atoms with Gasteiger partial charge in [0.25, 0.3) is 0 Å². The van der Waals surface area contributed by atoms with Crippen LogP contribution in [-0.2, 0) is 9.53 Å². The van der Waals surface area contributed by atoms with E-state index in [9.17, 15) is 4.79 Å². The molecule has 1 aliphatic rings. The molecular formula is C12H13NO2S2. The smallest absolute Gasteiger partial charge is 0.309 e. The van der Waals surface area contributed by atoms with Crippen molar-refractivity contribution in [3.63, 3.8) is 0 Å². The normalized spacial score (nSPS) is 20.1. The Kier molecular flexibility index (Phi) is 3.69. The maximum Gasteiger partial charge on any atom is 0.309 e. The van der Waals surface area contributed by atoms with E-state index in [2.05, 4.69) is 5.32 Å². The van der Waals surface area contributed by atoms with Gasteiger partial charge in [0, 0.05) is 4.90 Å². The van der Waals surface area contributed by atoms with E-state index in [4.69, 9.17) is 17.0 Å². The first-order chi connectivity index (χ1) is 8.13. The van der Waals surface area contributed by atoms with Gasteiger partial charge in [0.15, 0.2) is 0 Å². The van der Waals surface area contributed by atoms with Crippen molar-refractivity contribution in [1.29, 1.82) is 0 Å². The second-order valence-corrected chi connectivity index (χ2v) is 5.46. The van der Waals surface area contributed by atoms with E-state index >= 15 is 0 Å². The molecule has 1 aromatic carbocycles. The molecule has 0 aliphatic carbocycles. The molecule has 2 rings (SSSR count). The number of para-hydroxylation sites is 1. The number of carbonyl (C=O) groups is 1. The number of nitrogens with one attached hydrogen (secondary N) is 1. The summed E-state index contributed by atoms with van der Waals surface area (Å²) in [4.78, 5) is 13.3. The first kappa shape index (κ1) is 12.4. The van der Waals surface area contributed by atoms with Gasteiger partial charge in [-0.15, -0.1) is 11.8 Å². The van der Waals surface area contributed by atoms with Crippen LogP contribution in [0.15, 0.2) is 29.2 Å². The Morgan fingerprint density at radius 2 is 2.24 bits per heavy atom. The van der Waals surface area contributed by atoms with Gasteiger partial charge >= 0.3 is 5.97 Å². The molecule has 2 unspecified atom stereocenters. The van der Waals surface area contributed by atoms with E-state index in [1.807, 2.05) is 31.2 Å². The highest BCUT2D eigenvalue weighted by Gasteiger charge is 2.32. The van der Waals surface area contributed by atoms with Crippen molar-refractivity contribution >= 4 is 40.6 Å². The van der Waals surface area contributed by atoms with Crippen molar-refractivity contribution in [3.8, 4) is 0 Å². The number of fused-ring (bicyclic) bond motifs is 1. The molecule has 90 valence electrons. The average Bonchev–Trinajstić information content (AvgIpc) is 2.36. The number of ether oxygens (including phenoxy) is 1. The molecule has 0 saturated heterocycles. The Balaban J connectivity index is 2.23. The predicted molar refractivity (Wildman–Crippen MR) is 73.5 cm³/mol. The second-order valence-electron chi connectivity index (χ2n) is 3.84. The predicted octanol–water partition coefficient (Wildman–Crippen LogP) is 2.71. The quantitative estimate of drug-likeness (QED) is 0.659. The largest absolute Gasteiger partial charge is 0.469 e. The van der Waals surface area contributed by atoms with E-state index in [1.165, 1.54) is 7.11 Å². The number of hydrogen-bond acceptors (Lipinski definition) is 4. The molecule has 1 N–H and O–H groups in total. The number of hydrogen-bond donors (Lipinski definition) is 1. The zero-order chi connectivity index (χ0) is 12.4. The molecule has 17 heavy (non-hydrogen) atoms. The van der Waals surface area contributed by atoms with Crippen LogP contribution in [0, 0.1) is 5.92 Å². The Hall–Kier alpha value is -1.07. The van der Waals surface area contributed by atoms with Gasteiger partial charge in [-0.1, -0.05) is 31.3 Å². The summed E-state index contributed by atoms with van der Waals surface area (Å²) in [7, 11) is 1.40. The Labute approximate surface area is 110 Å².